The smallest absolute Gasteiger partial charge is 0.252 e. The van der Waals surface area contributed by atoms with Crippen LogP contribution < -0.4 is 16.2 Å². The van der Waals surface area contributed by atoms with Crippen LogP contribution in [-0.4, -0.2) is 45.6 Å². The zero-order valence-electron chi connectivity index (χ0n) is 20.7. The third kappa shape index (κ3) is 5.69. The van der Waals surface area contributed by atoms with Crippen LogP contribution in [0.1, 0.15) is 35.2 Å². The molecule has 0 bridgehead atoms. The predicted octanol–water partition coefficient (Wildman–Crippen LogP) is 3.54. The summed E-state index contributed by atoms with van der Waals surface area (Å²) in [6, 6.07) is 16.2. The quantitative estimate of drug-likeness (QED) is 0.382. The Hall–Kier alpha value is -4.06. The minimum Gasteiger partial charge on any atom is -0.348 e. The van der Waals surface area contributed by atoms with E-state index in [0.717, 1.165) is 38.3 Å². The first-order valence-corrected chi connectivity index (χ1v) is 12.4. The Morgan fingerprint density at radius 3 is 2.62 bits per heavy atom. The highest BCUT2D eigenvalue weighted by Gasteiger charge is 2.14. The standard InChI is InChI=1S/C29H29FN6O/c1-3-21-4-9-25(26(30)16-21)19-36-27(37)11-10-24-17-32-29(34-28(24)36)33-20(2)23-7-5-22(6-8-23)18-35-14-12-31-13-15-35/h1,4-11,16-17,20,31H,12-15,18-19H2,2H3,(H,32,33,34)/t20-/m0/s1. The van der Waals surface area contributed by atoms with E-state index in [-0.39, 0.29) is 18.1 Å². The average molecular weight is 497 g/mol. The predicted molar refractivity (Wildman–Crippen MR) is 144 cm³/mol. The van der Waals surface area contributed by atoms with Crippen molar-refractivity contribution in [3.8, 4) is 12.3 Å². The number of hydrogen-bond acceptors (Lipinski definition) is 6. The molecule has 37 heavy (non-hydrogen) atoms. The third-order valence-electron chi connectivity index (χ3n) is 6.71. The maximum Gasteiger partial charge on any atom is 0.252 e. The van der Waals surface area contributed by atoms with Crippen molar-refractivity contribution in [1.82, 2.24) is 24.8 Å². The number of piperazine rings is 1. The van der Waals surface area contributed by atoms with Crippen molar-refractivity contribution >= 4 is 17.0 Å². The zero-order chi connectivity index (χ0) is 25.8. The molecule has 3 heterocycles. The van der Waals surface area contributed by atoms with Crippen LogP contribution in [0.25, 0.3) is 11.0 Å². The first-order valence-electron chi connectivity index (χ1n) is 12.4. The molecule has 2 aromatic heterocycles. The van der Waals surface area contributed by atoms with E-state index >= 15 is 0 Å². The van der Waals surface area contributed by atoms with Gasteiger partial charge in [0, 0.05) is 61.5 Å². The normalized spacial score (nSPS) is 14.8. The van der Waals surface area contributed by atoms with Crippen molar-refractivity contribution in [2.45, 2.75) is 26.1 Å². The van der Waals surface area contributed by atoms with E-state index < -0.39 is 5.82 Å². The number of fused-ring (bicyclic) bond motifs is 1. The van der Waals surface area contributed by atoms with Gasteiger partial charge in [0.2, 0.25) is 5.95 Å². The van der Waals surface area contributed by atoms with Gasteiger partial charge in [-0.15, -0.1) is 6.42 Å². The Labute approximate surface area is 215 Å². The van der Waals surface area contributed by atoms with Gasteiger partial charge >= 0.3 is 0 Å². The van der Waals surface area contributed by atoms with Crippen LogP contribution >= 0.6 is 0 Å². The highest BCUT2D eigenvalue weighted by atomic mass is 19.1. The average Bonchev–Trinajstić information content (AvgIpc) is 2.92. The summed E-state index contributed by atoms with van der Waals surface area (Å²) >= 11 is 0. The van der Waals surface area contributed by atoms with E-state index in [1.54, 1.807) is 24.4 Å². The summed E-state index contributed by atoms with van der Waals surface area (Å²) in [4.78, 5) is 24.2. The lowest BCUT2D eigenvalue weighted by Gasteiger charge is -2.27. The molecule has 0 radical (unpaired) electrons. The van der Waals surface area contributed by atoms with Crippen molar-refractivity contribution in [1.29, 1.82) is 0 Å². The van der Waals surface area contributed by atoms with Gasteiger partial charge < -0.3 is 10.6 Å². The molecule has 1 fully saturated rings. The molecule has 0 saturated carbocycles. The fraction of sp³-hybridized carbons (Fsp3) is 0.276. The molecule has 0 spiro atoms. The summed E-state index contributed by atoms with van der Waals surface area (Å²) in [5.41, 5.74) is 3.36. The van der Waals surface area contributed by atoms with Gasteiger partial charge in [0.05, 0.1) is 12.6 Å². The molecular formula is C29H29FN6O. The van der Waals surface area contributed by atoms with Gasteiger partial charge in [-0.1, -0.05) is 36.3 Å². The van der Waals surface area contributed by atoms with Crippen molar-refractivity contribution in [3.05, 3.63) is 99.2 Å². The second-order valence-electron chi connectivity index (χ2n) is 9.31. The van der Waals surface area contributed by atoms with Crippen LogP contribution in [0.3, 0.4) is 0 Å². The molecule has 0 amide bonds. The van der Waals surface area contributed by atoms with E-state index in [1.807, 2.05) is 6.92 Å². The monoisotopic (exact) mass is 496 g/mol. The molecule has 5 rings (SSSR count). The van der Waals surface area contributed by atoms with E-state index in [2.05, 4.69) is 55.7 Å². The Balaban J connectivity index is 1.35. The summed E-state index contributed by atoms with van der Waals surface area (Å²) < 4.78 is 16.0. The molecule has 7 nitrogen and oxygen atoms in total. The van der Waals surface area contributed by atoms with E-state index in [0.29, 0.717) is 28.1 Å². The molecular weight excluding hydrogens is 467 g/mol. The number of pyridine rings is 1. The van der Waals surface area contributed by atoms with Gasteiger partial charge in [0.1, 0.15) is 11.5 Å². The molecule has 1 aliphatic heterocycles. The van der Waals surface area contributed by atoms with E-state index in [4.69, 9.17) is 6.42 Å². The lowest BCUT2D eigenvalue weighted by molar-refractivity contribution is 0.233. The third-order valence-corrected chi connectivity index (χ3v) is 6.71. The van der Waals surface area contributed by atoms with E-state index in [1.165, 1.54) is 22.3 Å². The number of rotatable bonds is 7. The summed E-state index contributed by atoms with van der Waals surface area (Å²) in [7, 11) is 0. The maximum atomic E-state index is 14.6. The largest absolute Gasteiger partial charge is 0.348 e. The first kappa shape index (κ1) is 24.6. The first-order chi connectivity index (χ1) is 18.0. The molecule has 8 heteroatoms. The number of nitrogens with one attached hydrogen (secondary N) is 2. The molecule has 2 aromatic carbocycles. The number of halogens is 1. The zero-order valence-corrected chi connectivity index (χ0v) is 20.7. The highest BCUT2D eigenvalue weighted by Crippen LogP contribution is 2.20. The summed E-state index contributed by atoms with van der Waals surface area (Å²) in [5, 5.41) is 7.41. The molecule has 188 valence electrons. The van der Waals surface area contributed by atoms with Crippen LogP contribution in [0.4, 0.5) is 10.3 Å². The molecule has 1 saturated heterocycles. The topological polar surface area (TPSA) is 75.1 Å². The number of benzene rings is 2. The van der Waals surface area contributed by atoms with Crippen LogP contribution in [0, 0.1) is 18.2 Å². The second-order valence-corrected chi connectivity index (χ2v) is 9.31. The minimum absolute atomic E-state index is 0.0351. The number of anilines is 1. The minimum atomic E-state index is -0.458. The summed E-state index contributed by atoms with van der Waals surface area (Å²) in [5.74, 6) is 2.36. The second kappa shape index (κ2) is 10.9. The SMILES string of the molecule is C#Cc1ccc(Cn2c(=O)ccc3cnc(N[C@@H](C)c4ccc(CN5CCNCC5)cc4)nc32)c(F)c1. The maximum absolute atomic E-state index is 14.6. The fourth-order valence-electron chi connectivity index (χ4n) is 4.55. The Kier molecular flexibility index (Phi) is 7.26. The van der Waals surface area contributed by atoms with Gasteiger partial charge in [-0.2, -0.15) is 4.98 Å². The summed E-state index contributed by atoms with van der Waals surface area (Å²) in [6.07, 6.45) is 7.03. The van der Waals surface area contributed by atoms with Crippen molar-refractivity contribution in [2.75, 3.05) is 31.5 Å². The van der Waals surface area contributed by atoms with Gasteiger partial charge in [0.15, 0.2) is 0 Å². The Morgan fingerprint density at radius 2 is 1.89 bits per heavy atom. The number of terminal acetylenes is 1. The Bertz CT molecular complexity index is 1500. The van der Waals surface area contributed by atoms with Crippen LogP contribution in [0.5, 0.6) is 0 Å². The van der Waals surface area contributed by atoms with E-state index in [9.17, 15) is 9.18 Å². The highest BCUT2D eigenvalue weighted by molar-refractivity contribution is 5.75. The summed E-state index contributed by atoms with van der Waals surface area (Å²) in [6.45, 7) is 7.21. The Morgan fingerprint density at radius 1 is 1.11 bits per heavy atom. The number of hydrogen-bond donors (Lipinski definition) is 2. The van der Waals surface area contributed by atoms with Gasteiger partial charge in [-0.25, -0.2) is 9.37 Å². The molecule has 0 aliphatic carbocycles. The number of aromatic nitrogens is 3. The van der Waals surface area contributed by atoms with Crippen LogP contribution in [-0.2, 0) is 13.1 Å². The number of nitrogens with zero attached hydrogens (tertiary/aromatic N) is 4. The molecule has 0 unspecified atom stereocenters. The van der Waals surface area contributed by atoms with Crippen molar-refractivity contribution in [2.24, 2.45) is 0 Å². The van der Waals surface area contributed by atoms with Crippen LogP contribution in [0.15, 0.2) is 65.6 Å². The van der Waals surface area contributed by atoms with Crippen molar-refractivity contribution in [3.63, 3.8) is 0 Å². The van der Waals surface area contributed by atoms with Gasteiger partial charge in [0.25, 0.3) is 5.56 Å². The van der Waals surface area contributed by atoms with Crippen LogP contribution in [0.2, 0.25) is 0 Å². The molecule has 1 atom stereocenters. The van der Waals surface area contributed by atoms with Gasteiger partial charge in [-0.05, 0) is 36.2 Å². The lowest BCUT2D eigenvalue weighted by Crippen LogP contribution is -2.42. The molecule has 2 N–H and O–H groups in total. The molecule has 4 aromatic rings. The molecule has 1 aliphatic rings. The van der Waals surface area contributed by atoms with Crippen molar-refractivity contribution < 1.29 is 4.39 Å². The fourth-order valence-corrected chi connectivity index (χ4v) is 4.55. The van der Waals surface area contributed by atoms with Gasteiger partial charge in [-0.3, -0.25) is 14.3 Å². The lowest BCUT2D eigenvalue weighted by atomic mass is 10.1.